The molecule has 12 heteroatoms. The number of anilines is 1. The van der Waals surface area contributed by atoms with Crippen LogP contribution in [-0.2, 0) is 6.54 Å². The summed E-state index contributed by atoms with van der Waals surface area (Å²) in [5.74, 6) is -0.121. The lowest BCUT2D eigenvalue weighted by Crippen LogP contribution is -2.44. The first-order valence-corrected chi connectivity index (χ1v) is 11.5. The lowest BCUT2D eigenvalue weighted by atomic mass is 10.1. The fourth-order valence-corrected chi connectivity index (χ4v) is 4.02. The van der Waals surface area contributed by atoms with Gasteiger partial charge in [-0.15, -0.1) is 13.2 Å². The zero-order valence-corrected chi connectivity index (χ0v) is 19.9. The van der Waals surface area contributed by atoms with Crippen LogP contribution in [0.2, 0.25) is 0 Å². The SMILES string of the molecule is CN1CCN(c2cccc(Cn3nc(-c4nc(-c5ccc(OC(F)(F)F)cc5)no4)ccc3=O)c2)CC1. The zero-order chi connectivity index (χ0) is 26.0. The molecular formula is C25H23F3N6O3. The number of hydrogen-bond acceptors (Lipinski definition) is 8. The van der Waals surface area contributed by atoms with Crippen molar-refractivity contribution in [2.75, 3.05) is 38.1 Å². The minimum Gasteiger partial charge on any atom is -0.406 e. The van der Waals surface area contributed by atoms with Gasteiger partial charge in [0, 0.05) is 43.5 Å². The summed E-state index contributed by atoms with van der Waals surface area (Å²) in [6.07, 6.45) is -4.78. The lowest BCUT2D eigenvalue weighted by molar-refractivity contribution is -0.274. The highest BCUT2D eigenvalue weighted by Crippen LogP contribution is 2.26. The van der Waals surface area contributed by atoms with E-state index < -0.39 is 6.36 Å². The van der Waals surface area contributed by atoms with Crippen molar-refractivity contribution in [1.29, 1.82) is 0 Å². The highest BCUT2D eigenvalue weighted by molar-refractivity contribution is 5.58. The Kier molecular flexibility index (Phi) is 6.66. The monoisotopic (exact) mass is 512 g/mol. The predicted molar refractivity (Wildman–Crippen MR) is 129 cm³/mol. The molecule has 0 radical (unpaired) electrons. The smallest absolute Gasteiger partial charge is 0.406 e. The van der Waals surface area contributed by atoms with Crippen LogP contribution in [-0.4, -0.2) is 64.4 Å². The third kappa shape index (κ3) is 5.97. The van der Waals surface area contributed by atoms with Gasteiger partial charge in [-0.25, -0.2) is 4.68 Å². The molecular weight excluding hydrogens is 489 g/mol. The van der Waals surface area contributed by atoms with E-state index in [4.69, 9.17) is 4.52 Å². The van der Waals surface area contributed by atoms with Crippen molar-refractivity contribution in [3.8, 4) is 28.7 Å². The highest BCUT2D eigenvalue weighted by Gasteiger charge is 2.31. The summed E-state index contributed by atoms with van der Waals surface area (Å²) >= 11 is 0. The molecule has 2 aromatic carbocycles. The molecule has 1 saturated heterocycles. The van der Waals surface area contributed by atoms with E-state index in [1.165, 1.54) is 28.9 Å². The first-order chi connectivity index (χ1) is 17.7. The summed E-state index contributed by atoms with van der Waals surface area (Å²) in [5, 5.41) is 8.28. The largest absolute Gasteiger partial charge is 0.573 e. The van der Waals surface area contributed by atoms with Crippen LogP contribution < -0.4 is 15.2 Å². The topological polar surface area (TPSA) is 89.5 Å². The average Bonchev–Trinajstić information content (AvgIpc) is 3.36. The molecule has 192 valence electrons. The van der Waals surface area contributed by atoms with E-state index in [0.29, 0.717) is 11.3 Å². The van der Waals surface area contributed by atoms with Crippen LogP contribution in [0.4, 0.5) is 18.9 Å². The maximum Gasteiger partial charge on any atom is 0.573 e. The molecule has 0 aliphatic carbocycles. The van der Waals surface area contributed by atoms with E-state index in [1.807, 2.05) is 12.1 Å². The van der Waals surface area contributed by atoms with Gasteiger partial charge in [0.05, 0.1) is 6.54 Å². The molecule has 37 heavy (non-hydrogen) atoms. The first kappa shape index (κ1) is 24.5. The molecule has 0 saturated carbocycles. The van der Waals surface area contributed by atoms with Gasteiger partial charge in [-0.2, -0.15) is 10.1 Å². The van der Waals surface area contributed by atoms with Gasteiger partial charge in [-0.05, 0) is 55.1 Å². The second-order valence-electron chi connectivity index (χ2n) is 8.67. The van der Waals surface area contributed by atoms with E-state index in [-0.39, 0.29) is 29.6 Å². The highest BCUT2D eigenvalue weighted by atomic mass is 19.4. The van der Waals surface area contributed by atoms with E-state index in [0.717, 1.165) is 49.6 Å². The number of likely N-dealkylation sites (N-methyl/N-ethyl adjacent to an activating group) is 1. The summed E-state index contributed by atoms with van der Waals surface area (Å²) in [6, 6.07) is 16.0. The van der Waals surface area contributed by atoms with Crippen molar-refractivity contribution in [3.05, 3.63) is 76.6 Å². The van der Waals surface area contributed by atoms with Crippen molar-refractivity contribution < 1.29 is 22.4 Å². The normalized spacial score (nSPS) is 14.6. The van der Waals surface area contributed by atoms with Crippen LogP contribution in [0.25, 0.3) is 23.0 Å². The number of alkyl halides is 3. The molecule has 0 unspecified atom stereocenters. The van der Waals surface area contributed by atoms with Crippen LogP contribution in [0.3, 0.4) is 0 Å². The van der Waals surface area contributed by atoms with Gasteiger partial charge in [0.15, 0.2) is 0 Å². The van der Waals surface area contributed by atoms with Crippen LogP contribution >= 0.6 is 0 Å². The maximum atomic E-state index is 12.5. The number of rotatable bonds is 6. The number of piperazine rings is 1. The van der Waals surface area contributed by atoms with Gasteiger partial charge >= 0.3 is 6.36 Å². The van der Waals surface area contributed by atoms with E-state index in [9.17, 15) is 18.0 Å². The Morgan fingerprint density at radius 2 is 1.76 bits per heavy atom. The van der Waals surface area contributed by atoms with E-state index in [1.54, 1.807) is 0 Å². The van der Waals surface area contributed by atoms with Crippen LogP contribution in [0.1, 0.15) is 5.56 Å². The quantitative estimate of drug-likeness (QED) is 0.387. The molecule has 1 aliphatic rings. The van der Waals surface area contributed by atoms with Gasteiger partial charge in [0.2, 0.25) is 5.82 Å². The molecule has 0 atom stereocenters. The van der Waals surface area contributed by atoms with Crippen molar-refractivity contribution in [1.82, 2.24) is 24.8 Å². The Balaban J connectivity index is 1.33. The summed E-state index contributed by atoms with van der Waals surface area (Å²) in [7, 11) is 2.11. The van der Waals surface area contributed by atoms with Gasteiger partial charge < -0.3 is 19.1 Å². The maximum absolute atomic E-state index is 12.5. The zero-order valence-electron chi connectivity index (χ0n) is 19.9. The molecule has 5 rings (SSSR count). The standard InChI is InChI=1S/C25H23F3N6O3/c1-32-11-13-33(14-12-32)19-4-2-3-17(15-19)16-34-22(35)10-9-21(30-34)24-29-23(31-37-24)18-5-7-20(8-6-18)36-25(26,27)28/h2-10,15H,11-14,16H2,1H3. The molecule has 2 aromatic heterocycles. The number of nitrogens with zero attached hydrogens (tertiary/aromatic N) is 6. The molecule has 0 spiro atoms. The summed E-state index contributed by atoms with van der Waals surface area (Å²) in [6.45, 7) is 4.11. The number of aromatic nitrogens is 4. The fraction of sp³-hybridized carbons (Fsp3) is 0.280. The molecule has 4 aromatic rings. The molecule has 0 amide bonds. The Bertz CT molecular complexity index is 1430. The lowest BCUT2D eigenvalue weighted by Gasteiger charge is -2.34. The average molecular weight is 512 g/mol. The third-order valence-corrected chi connectivity index (χ3v) is 5.97. The van der Waals surface area contributed by atoms with Crippen LogP contribution in [0.5, 0.6) is 5.75 Å². The summed E-state index contributed by atoms with van der Waals surface area (Å²) in [5.41, 5.74) is 2.47. The van der Waals surface area contributed by atoms with Crippen LogP contribution in [0, 0.1) is 0 Å². The Morgan fingerprint density at radius 3 is 2.49 bits per heavy atom. The fourth-order valence-electron chi connectivity index (χ4n) is 4.02. The van der Waals surface area contributed by atoms with E-state index in [2.05, 4.69) is 49.0 Å². The number of hydrogen-bond donors (Lipinski definition) is 0. The van der Waals surface area contributed by atoms with Gasteiger partial charge in [-0.3, -0.25) is 4.79 Å². The Morgan fingerprint density at radius 1 is 1.00 bits per heavy atom. The molecule has 3 heterocycles. The van der Waals surface area contributed by atoms with Gasteiger partial charge in [-0.1, -0.05) is 17.3 Å². The number of ether oxygens (including phenoxy) is 1. The molecule has 1 fully saturated rings. The third-order valence-electron chi connectivity index (χ3n) is 5.97. The molecule has 0 N–H and O–H groups in total. The molecule has 1 aliphatic heterocycles. The predicted octanol–water partition coefficient (Wildman–Crippen LogP) is 3.66. The molecule has 0 bridgehead atoms. The van der Waals surface area contributed by atoms with E-state index >= 15 is 0 Å². The number of halogens is 3. The van der Waals surface area contributed by atoms with Crippen molar-refractivity contribution >= 4 is 5.69 Å². The van der Waals surface area contributed by atoms with Gasteiger partial charge in [0.25, 0.3) is 11.4 Å². The second-order valence-corrected chi connectivity index (χ2v) is 8.67. The minimum atomic E-state index is -4.78. The van der Waals surface area contributed by atoms with Crippen molar-refractivity contribution in [2.24, 2.45) is 0 Å². The second kappa shape index (κ2) is 10.1. The minimum absolute atomic E-state index is 0.0746. The molecule has 9 nitrogen and oxygen atoms in total. The van der Waals surface area contributed by atoms with Crippen LogP contribution in [0.15, 0.2) is 70.0 Å². The summed E-state index contributed by atoms with van der Waals surface area (Å²) in [4.78, 5) is 21.4. The number of benzene rings is 2. The Hall–Kier alpha value is -4.19. The van der Waals surface area contributed by atoms with Gasteiger partial charge in [0.1, 0.15) is 11.4 Å². The first-order valence-electron chi connectivity index (χ1n) is 11.5. The van der Waals surface area contributed by atoms with Crippen molar-refractivity contribution in [2.45, 2.75) is 12.9 Å². The Labute approximate surface area is 209 Å². The summed E-state index contributed by atoms with van der Waals surface area (Å²) < 4.78 is 47.6. The van der Waals surface area contributed by atoms with Crippen molar-refractivity contribution in [3.63, 3.8) is 0 Å².